The molecule has 2 atom stereocenters. The van der Waals surface area contributed by atoms with Crippen LogP contribution in [0.4, 0.5) is 0 Å². The van der Waals surface area contributed by atoms with E-state index in [0.29, 0.717) is 6.54 Å². The van der Waals surface area contributed by atoms with Gasteiger partial charge in [0.2, 0.25) is 5.91 Å². The van der Waals surface area contributed by atoms with Crippen LogP contribution >= 0.6 is 11.8 Å². The summed E-state index contributed by atoms with van der Waals surface area (Å²) in [7, 11) is 0. The van der Waals surface area contributed by atoms with Crippen LogP contribution in [-0.2, 0) is 4.79 Å². The van der Waals surface area contributed by atoms with E-state index in [9.17, 15) is 9.90 Å². The molecule has 1 heterocycles. The molecule has 2 fully saturated rings. The topological polar surface area (TPSA) is 49.3 Å². The first-order valence-corrected chi connectivity index (χ1v) is 8.82. The SMILES string of the molecule is CC(CC1CCCCC1)C(=O)NCC1(O)CCSC1. The van der Waals surface area contributed by atoms with Crippen molar-refractivity contribution in [2.24, 2.45) is 11.8 Å². The Kier molecular flexibility index (Phi) is 5.58. The molecule has 0 aromatic heterocycles. The van der Waals surface area contributed by atoms with E-state index in [-0.39, 0.29) is 11.8 Å². The van der Waals surface area contributed by atoms with Crippen LogP contribution in [0.5, 0.6) is 0 Å². The molecule has 2 aliphatic rings. The summed E-state index contributed by atoms with van der Waals surface area (Å²) in [5.41, 5.74) is -0.662. The Morgan fingerprint density at radius 1 is 1.42 bits per heavy atom. The zero-order chi connectivity index (χ0) is 13.7. The number of hydrogen-bond donors (Lipinski definition) is 2. The monoisotopic (exact) mass is 285 g/mol. The van der Waals surface area contributed by atoms with E-state index in [2.05, 4.69) is 5.32 Å². The number of hydrogen-bond acceptors (Lipinski definition) is 3. The van der Waals surface area contributed by atoms with Gasteiger partial charge >= 0.3 is 0 Å². The Hall–Kier alpha value is -0.220. The van der Waals surface area contributed by atoms with E-state index in [1.807, 2.05) is 6.92 Å². The second-order valence-corrected chi connectivity index (χ2v) is 7.49. The molecule has 1 saturated heterocycles. The maximum Gasteiger partial charge on any atom is 0.222 e. The predicted octanol–water partition coefficient (Wildman–Crippen LogP) is 2.58. The molecule has 110 valence electrons. The number of amides is 1. The maximum absolute atomic E-state index is 12.1. The van der Waals surface area contributed by atoms with Crippen LogP contribution in [0.3, 0.4) is 0 Å². The van der Waals surface area contributed by atoms with Crippen molar-refractivity contribution in [1.29, 1.82) is 0 Å². The summed E-state index contributed by atoms with van der Waals surface area (Å²) in [5, 5.41) is 13.2. The van der Waals surface area contributed by atoms with Gasteiger partial charge in [-0.1, -0.05) is 39.0 Å². The van der Waals surface area contributed by atoms with Crippen LogP contribution in [0.1, 0.15) is 51.9 Å². The summed E-state index contributed by atoms with van der Waals surface area (Å²) >= 11 is 1.77. The minimum absolute atomic E-state index is 0.0840. The lowest BCUT2D eigenvalue weighted by Crippen LogP contribution is -2.44. The molecule has 4 heteroatoms. The maximum atomic E-state index is 12.1. The third-order valence-electron chi connectivity index (χ3n) is 4.53. The molecule has 2 rings (SSSR count). The van der Waals surface area contributed by atoms with E-state index < -0.39 is 5.60 Å². The smallest absolute Gasteiger partial charge is 0.222 e. The molecule has 1 saturated carbocycles. The van der Waals surface area contributed by atoms with Crippen LogP contribution < -0.4 is 5.32 Å². The lowest BCUT2D eigenvalue weighted by atomic mass is 9.83. The molecule has 0 aromatic rings. The number of nitrogens with one attached hydrogen (secondary N) is 1. The highest BCUT2D eigenvalue weighted by atomic mass is 32.2. The van der Waals surface area contributed by atoms with Gasteiger partial charge in [0, 0.05) is 18.2 Å². The molecule has 0 bridgehead atoms. The van der Waals surface area contributed by atoms with Crippen LogP contribution in [0, 0.1) is 11.8 Å². The minimum Gasteiger partial charge on any atom is -0.387 e. The zero-order valence-corrected chi connectivity index (χ0v) is 12.8. The fraction of sp³-hybridized carbons (Fsp3) is 0.933. The second kappa shape index (κ2) is 6.98. The van der Waals surface area contributed by atoms with Gasteiger partial charge in [-0.3, -0.25) is 4.79 Å². The zero-order valence-electron chi connectivity index (χ0n) is 12.0. The first kappa shape index (κ1) is 15.2. The number of aliphatic hydroxyl groups is 1. The van der Waals surface area contributed by atoms with E-state index in [4.69, 9.17) is 0 Å². The highest BCUT2D eigenvalue weighted by Crippen LogP contribution is 2.29. The summed E-state index contributed by atoms with van der Waals surface area (Å²) in [6.07, 6.45) is 8.41. The highest BCUT2D eigenvalue weighted by molar-refractivity contribution is 7.99. The van der Waals surface area contributed by atoms with Crippen molar-refractivity contribution in [3.8, 4) is 0 Å². The summed E-state index contributed by atoms with van der Waals surface area (Å²) < 4.78 is 0. The summed E-state index contributed by atoms with van der Waals surface area (Å²) in [6, 6.07) is 0. The van der Waals surface area contributed by atoms with Gasteiger partial charge in [-0.05, 0) is 24.5 Å². The Bertz CT molecular complexity index is 297. The van der Waals surface area contributed by atoms with Crippen molar-refractivity contribution < 1.29 is 9.90 Å². The molecule has 0 spiro atoms. The van der Waals surface area contributed by atoms with Crippen LogP contribution in [-0.4, -0.2) is 34.7 Å². The molecular weight excluding hydrogens is 258 g/mol. The van der Waals surface area contributed by atoms with Crippen molar-refractivity contribution in [3.05, 3.63) is 0 Å². The molecule has 2 N–H and O–H groups in total. The van der Waals surface area contributed by atoms with Gasteiger partial charge < -0.3 is 10.4 Å². The summed E-state index contributed by atoms with van der Waals surface area (Å²) in [4.78, 5) is 12.1. The second-order valence-electron chi connectivity index (χ2n) is 6.39. The number of rotatable bonds is 5. The number of thioether (sulfide) groups is 1. The van der Waals surface area contributed by atoms with Crippen molar-refractivity contribution in [2.45, 2.75) is 57.5 Å². The molecule has 1 amide bonds. The van der Waals surface area contributed by atoms with Crippen molar-refractivity contribution in [1.82, 2.24) is 5.32 Å². The lowest BCUT2D eigenvalue weighted by molar-refractivity contribution is -0.126. The fourth-order valence-electron chi connectivity index (χ4n) is 3.19. The average Bonchev–Trinajstić information content (AvgIpc) is 2.84. The number of carbonyl (C=O) groups excluding carboxylic acids is 1. The van der Waals surface area contributed by atoms with Gasteiger partial charge in [0.25, 0.3) is 0 Å². The van der Waals surface area contributed by atoms with Gasteiger partial charge in [0.15, 0.2) is 0 Å². The quantitative estimate of drug-likeness (QED) is 0.816. The van der Waals surface area contributed by atoms with E-state index in [1.54, 1.807) is 11.8 Å². The Labute approximate surface area is 120 Å². The van der Waals surface area contributed by atoms with Gasteiger partial charge in [-0.25, -0.2) is 0 Å². The highest BCUT2D eigenvalue weighted by Gasteiger charge is 2.32. The summed E-state index contributed by atoms with van der Waals surface area (Å²) in [5.74, 6) is 2.70. The first-order chi connectivity index (χ1) is 9.09. The van der Waals surface area contributed by atoms with E-state index in [1.165, 1.54) is 32.1 Å². The van der Waals surface area contributed by atoms with Crippen LogP contribution in [0.25, 0.3) is 0 Å². The van der Waals surface area contributed by atoms with Gasteiger partial charge in [0.05, 0.1) is 5.60 Å². The largest absolute Gasteiger partial charge is 0.387 e. The number of carbonyl (C=O) groups is 1. The molecule has 0 radical (unpaired) electrons. The Morgan fingerprint density at radius 3 is 2.79 bits per heavy atom. The van der Waals surface area contributed by atoms with Crippen molar-refractivity contribution in [2.75, 3.05) is 18.1 Å². The van der Waals surface area contributed by atoms with E-state index >= 15 is 0 Å². The Balaban J connectivity index is 1.69. The lowest BCUT2D eigenvalue weighted by Gasteiger charge is -2.26. The van der Waals surface area contributed by atoms with Crippen LogP contribution in [0.15, 0.2) is 0 Å². The normalized spacial score (nSPS) is 30.2. The third-order valence-corrected chi connectivity index (χ3v) is 5.77. The third kappa shape index (κ3) is 4.67. The first-order valence-electron chi connectivity index (χ1n) is 7.67. The molecule has 1 aliphatic heterocycles. The summed E-state index contributed by atoms with van der Waals surface area (Å²) in [6.45, 7) is 2.45. The van der Waals surface area contributed by atoms with Crippen molar-refractivity contribution >= 4 is 17.7 Å². The Morgan fingerprint density at radius 2 is 2.16 bits per heavy atom. The van der Waals surface area contributed by atoms with Gasteiger partial charge in [-0.2, -0.15) is 11.8 Å². The predicted molar refractivity (Wildman–Crippen MR) is 80.3 cm³/mol. The van der Waals surface area contributed by atoms with Crippen molar-refractivity contribution in [3.63, 3.8) is 0 Å². The van der Waals surface area contributed by atoms with E-state index in [0.717, 1.165) is 30.3 Å². The standard InChI is InChI=1S/C15H27NO2S/c1-12(9-13-5-3-2-4-6-13)14(17)16-10-15(18)7-8-19-11-15/h12-13,18H,2-11H2,1H3,(H,16,17). The van der Waals surface area contributed by atoms with Crippen LogP contribution in [0.2, 0.25) is 0 Å². The molecule has 0 aromatic carbocycles. The average molecular weight is 285 g/mol. The molecule has 1 aliphatic carbocycles. The molecular formula is C15H27NO2S. The molecule has 2 unspecified atom stereocenters. The van der Waals surface area contributed by atoms with Gasteiger partial charge in [-0.15, -0.1) is 0 Å². The molecule has 3 nitrogen and oxygen atoms in total. The minimum atomic E-state index is -0.662. The fourth-order valence-corrected chi connectivity index (χ4v) is 4.49. The van der Waals surface area contributed by atoms with Gasteiger partial charge in [0.1, 0.15) is 0 Å². The molecule has 19 heavy (non-hydrogen) atoms.